The first-order valence-corrected chi connectivity index (χ1v) is 8.08. The summed E-state index contributed by atoms with van der Waals surface area (Å²) in [6, 6.07) is 0. The summed E-state index contributed by atoms with van der Waals surface area (Å²) in [6.45, 7) is 5.11. The van der Waals surface area contributed by atoms with Gasteiger partial charge in [0, 0.05) is 12.5 Å². The number of nitrogens with one attached hydrogen (secondary N) is 1. The maximum atomic E-state index is 4.76. The van der Waals surface area contributed by atoms with Gasteiger partial charge in [0.05, 0.1) is 9.26 Å². The van der Waals surface area contributed by atoms with Gasteiger partial charge in [-0.2, -0.15) is 0 Å². The van der Waals surface area contributed by atoms with Crippen LogP contribution in [-0.4, -0.2) is 16.5 Å². The Kier molecular flexibility index (Phi) is 5.21. The molecule has 0 amide bonds. The molecular formula is C14H22IN3. The zero-order valence-electron chi connectivity index (χ0n) is 11.3. The molecule has 1 heterocycles. The molecule has 0 unspecified atom stereocenters. The smallest absolute Gasteiger partial charge is 0.143 e. The van der Waals surface area contributed by atoms with Crippen LogP contribution in [0.15, 0.2) is 0 Å². The van der Waals surface area contributed by atoms with Crippen molar-refractivity contribution in [3.63, 3.8) is 0 Å². The van der Waals surface area contributed by atoms with Gasteiger partial charge < -0.3 is 5.32 Å². The average molecular weight is 359 g/mol. The van der Waals surface area contributed by atoms with Crippen LogP contribution in [0.1, 0.15) is 62.9 Å². The number of aromatic nitrogens is 2. The fourth-order valence-electron chi connectivity index (χ4n) is 2.59. The van der Waals surface area contributed by atoms with E-state index in [2.05, 4.69) is 41.8 Å². The molecule has 100 valence electrons. The topological polar surface area (TPSA) is 37.8 Å². The highest BCUT2D eigenvalue weighted by Crippen LogP contribution is 2.31. The Balaban J connectivity index is 2.26. The van der Waals surface area contributed by atoms with Gasteiger partial charge in [-0.1, -0.05) is 25.7 Å². The lowest BCUT2D eigenvalue weighted by molar-refractivity contribution is 0.559. The highest BCUT2D eigenvalue weighted by atomic mass is 127. The molecule has 0 radical (unpaired) electrons. The van der Waals surface area contributed by atoms with Crippen LogP contribution in [-0.2, 0) is 0 Å². The molecule has 0 atom stereocenters. The van der Waals surface area contributed by atoms with Crippen molar-refractivity contribution in [3.8, 4) is 0 Å². The van der Waals surface area contributed by atoms with E-state index in [1.54, 1.807) is 0 Å². The number of hydrogen-bond acceptors (Lipinski definition) is 3. The van der Waals surface area contributed by atoms with Crippen LogP contribution in [0.5, 0.6) is 0 Å². The van der Waals surface area contributed by atoms with Crippen LogP contribution in [0, 0.1) is 10.5 Å². The van der Waals surface area contributed by atoms with Crippen molar-refractivity contribution in [2.45, 2.75) is 58.3 Å². The standard InChI is InChI=1S/C14H22IN3/c1-3-16-14-12(15)10(2)17-13(18-14)11-8-6-4-5-7-9-11/h11H,3-9H2,1-2H3,(H,16,17,18). The van der Waals surface area contributed by atoms with Gasteiger partial charge >= 0.3 is 0 Å². The first-order chi connectivity index (χ1) is 8.72. The third-order valence-corrected chi connectivity index (χ3v) is 4.89. The molecule has 1 aliphatic carbocycles. The molecule has 4 heteroatoms. The van der Waals surface area contributed by atoms with E-state index >= 15 is 0 Å². The molecular weight excluding hydrogens is 337 g/mol. The van der Waals surface area contributed by atoms with Gasteiger partial charge in [0.25, 0.3) is 0 Å². The third kappa shape index (κ3) is 3.33. The first kappa shape index (κ1) is 14.0. The maximum absolute atomic E-state index is 4.76. The Morgan fingerprint density at radius 3 is 2.44 bits per heavy atom. The van der Waals surface area contributed by atoms with Gasteiger partial charge in [-0.15, -0.1) is 0 Å². The minimum absolute atomic E-state index is 0.570. The Morgan fingerprint density at radius 2 is 1.83 bits per heavy atom. The summed E-state index contributed by atoms with van der Waals surface area (Å²) in [5, 5.41) is 3.35. The summed E-state index contributed by atoms with van der Waals surface area (Å²) >= 11 is 2.34. The van der Waals surface area contributed by atoms with Crippen molar-refractivity contribution in [3.05, 3.63) is 15.1 Å². The molecule has 1 aliphatic rings. The monoisotopic (exact) mass is 359 g/mol. The van der Waals surface area contributed by atoms with Crippen LogP contribution >= 0.6 is 22.6 Å². The Morgan fingerprint density at radius 1 is 1.17 bits per heavy atom. The van der Waals surface area contributed by atoms with Crippen molar-refractivity contribution >= 4 is 28.4 Å². The summed E-state index contributed by atoms with van der Waals surface area (Å²) in [7, 11) is 0. The lowest BCUT2D eigenvalue weighted by Gasteiger charge is -2.16. The fourth-order valence-corrected chi connectivity index (χ4v) is 3.02. The van der Waals surface area contributed by atoms with Crippen molar-refractivity contribution < 1.29 is 0 Å². The molecule has 1 aromatic heterocycles. The normalized spacial score (nSPS) is 17.5. The van der Waals surface area contributed by atoms with Gasteiger partial charge in [0.2, 0.25) is 0 Å². The van der Waals surface area contributed by atoms with E-state index in [0.29, 0.717) is 5.92 Å². The van der Waals surface area contributed by atoms with E-state index in [4.69, 9.17) is 9.97 Å². The van der Waals surface area contributed by atoms with Gasteiger partial charge in [-0.05, 0) is 49.3 Å². The molecule has 0 aromatic carbocycles. The fraction of sp³-hybridized carbons (Fsp3) is 0.714. The average Bonchev–Trinajstić information content (AvgIpc) is 2.63. The molecule has 1 N–H and O–H groups in total. The molecule has 0 bridgehead atoms. The second-order valence-corrected chi connectivity index (χ2v) is 6.13. The minimum Gasteiger partial charge on any atom is -0.369 e. The predicted molar refractivity (Wildman–Crippen MR) is 84.1 cm³/mol. The van der Waals surface area contributed by atoms with Crippen molar-refractivity contribution in [1.82, 2.24) is 9.97 Å². The van der Waals surface area contributed by atoms with E-state index in [1.165, 1.54) is 38.5 Å². The number of aryl methyl sites for hydroxylation is 1. The quantitative estimate of drug-likeness (QED) is 0.647. The van der Waals surface area contributed by atoms with E-state index in [9.17, 15) is 0 Å². The Bertz CT molecular complexity index is 398. The highest BCUT2D eigenvalue weighted by Gasteiger charge is 2.19. The molecule has 18 heavy (non-hydrogen) atoms. The Hall–Kier alpha value is -0.390. The number of anilines is 1. The third-order valence-electron chi connectivity index (χ3n) is 3.60. The van der Waals surface area contributed by atoms with Gasteiger partial charge in [0.1, 0.15) is 11.6 Å². The molecule has 0 aliphatic heterocycles. The number of nitrogens with zero attached hydrogens (tertiary/aromatic N) is 2. The highest BCUT2D eigenvalue weighted by molar-refractivity contribution is 14.1. The van der Waals surface area contributed by atoms with E-state index in [0.717, 1.165) is 27.5 Å². The molecule has 1 aromatic rings. The summed E-state index contributed by atoms with van der Waals surface area (Å²) < 4.78 is 1.16. The first-order valence-electron chi connectivity index (χ1n) is 7.00. The van der Waals surface area contributed by atoms with E-state index in [1.807, 2.05) is 0 Å². The molecule has 1 fully saturated rings. The summed E-state index contributed by atoms with van der Waals surface area (Å²) in [4.78, 5) is 9.48. The lowest BCUT2D eigenvalue weighted by Crippen LogP contribution is -2.11. The second kappa shape index (κ2) is 6.68. The largest absolute Gasteiger partial charge is 0.369 e. The van der Waals surface area contributed by atoms with Crippen LogP contribution in [0.4, 0.5) is 5.82 Å². The van der Waals surface area contributed by atoms with Crippen LogP contribution < -0.4 is 5.32 Å². The maximum Gasteiger partial charge on any atom is 0.143 e. The van der Waals surface area contributed by atoms with Crippen LogP contribution in [0.2, 0.25) is 0 Å². The molecule has 0 saturated heterocycles. The summed E-state index contributed by atoms with van der Waals surface area (Å²) in [6.07, 6.45) is 7.92. The summed E-state index contributed by atoms with van der Waals surface area (Å²) in [5.41, 5.74) is 1.11. The van der Waals surface area contributed by atoms with Crippen LogP contribution in [0.25, 0.3) is 0 Å². The lowest BCUT2D eigenvalue weighted by atomic mass is 9.99. The minimum atomic E-state index is 0.570. The van der Waals surface area contributed by atoms with E-state index < -0.39 is 0 Å². The Labute approximate surface area is 123 Å². The number of rotatable bonds is 3. The zero-order valence-corrected chi connectivity index (χ0v) is 13.5. The van der Waals surface area contributed by atoms with Crippen molar-refractivity contribution in [2.75, 3.05) is 11.9 Å². The second-order valence-electron chi connectivity index (χ2n) is 5.05. The molecule has 2 rings (SSSR count). The van der Waals surface area contributed by atoms with Gasteiger partial charge in [0.15, 0.2) is 0 Å². The molecule has 3 nitrogen and oxygen atoms in total. The van der Waals surface area contributed by atoms with Crippen molar-refractivity contribution in [1.29, 1.82) is 0 Å². The van der Waals surface area contributed by atoms with Crippen LogP contribution in [0.3, 0.4) is 0 Å². The molecule has 1 saturated carbocycles. The molecule has 0 spiro atoms. The van der Waals surface area contributed by atoms with Gasteiger partial charge in [-0.3, -0.25) is 0 Å². The predicted octanol–water partition coefficient (Wildman–Crippen LogP) is 4.26. The zero-order chi connectivity index (χ0) is 13.0. The SMILES string of the molecule is CCNc1nc(C2CCCCCC2)nc(C)c1I. The number of hydrogen-bond donors (Lipinski definition) is 1. The summed E-state index contributed by atoms with van der Waals surface area (Å²) in [5.74, 6) is 2.65. The van der Waals surface area contributed by atoms with Crippen molar-refractivity contribution in [2.24, 2.45) is 0 Å². The number of halogens is 1. The van der Waals surface area contributed by atoms with E-state index in [-0.39, 0.29) is 0 Å². The van der Waals surface area contributed by atoms with Gasteiger partial charge in [-0.25, -0.2) is 9.97 Å².